The van der Waals surface area contributed by atoms with Crippen LogP contribution in [0.2, 0.25) is 0 Å². The van der Waals surface area contributed by atoms with Gasteiger partial charge in [0.05, 0.1) is 11.8 Å². The number of amides is 1. The summed E-state index contributed by atoms with van der Waals surface area (Å²) in [5.41, 5.74) is 2.04. The molecule has 1 heterocycles. The van der Waals surface area contributed by atoms with Crippen LogP contribution in [-0.2, 0) is 9.53 Å². The molecule has 0 aliphatic rings. The van der Waals surface area contributed by atoms with Crippen LogP contribution in [0.25, 0.3) is 0 Å². The van der Waals surface area contributed by atoms with E-state index in [1.807, 2.05) is 19.1 Å². The Bertz CT molecular complexity index is 587. The van der Waals surface area contributed by atoms with E-state index in [0.29, 0.717) is 5.69 Å². The lowest BCUT2D eigenvalue weighted by Crippen LogP contribution is -2.29. The van der Waals surface area contributed by atoms with Crippen molar-refractivity contribution < 1.29 is 18.7 Å². The van der Waals surface area contributed by atoms with Crippen LogP contribution in [-0.4, -0.2) is 18.0 Å². The first-order valence-corrected chi connectivity index (χ1v) is 6.17. The maximum Gasteiger partial charge on any atom is 0.342 e. The fraction of sp³-hybridized carbons (Fsp3) is 0.200. The van der Waals surface area contributed by atoms with Gasteiger partial charge in [0.2, 0.25) is 0 Å². The molecule has 0 aliphatic heterocycles. The van der Waals surface area contributed by atoms with Crippen molar-refractivity contribution in [3.63, 3.8) is 0 Å². The van der Waals surface area contributed by atoms with E-state index in [9.17, 15) is 9.59 Å². The molecule has 0 saturated heterocycles. The summed E-state index contributed by atoms with van der Waals surface area (Å²) in [6.07, 6.45) is 1.75. The van der Waals surface area contributed by atoms with Crippen LogP contribution in [0.1, 0.15) is 22.8 Å². The summed E-state index contributed by atoms with van der Waals surface area (Å²) in [6.45, 7) is 3.47. The number of ether oxygens (including phenoxy) is 1. The van der Waals surface area contributed by atoms with Crippen LogP contribution in [0.4, 0.5) is 5.69 Å². The van der Waals surface area contributed by atoms with E-state index in [4.69, 9.17) is 9.15 Å². The predicted molar refractivity (Wildman–Crippen MR) is 73.4 cm³/mol. The summed E-state index contributed by atoms with van der Waals surface area (Å²) in [5, 5.41) is 2.68. The molecule has 1 amide bonds. The molecule has 0 fully saturated rings. The van der Waals surface area contributed by atoms with E-state index in [1.54, 1.807) is 12.1 Å². The van der Waals surface area contributed by atoms with Crippen molar-refractivity contribution >= 4 is 17.6 Å². The first-order chi connectivity index (χ1) is 9.56. The maximum absolute atomic E-state index is 11.9. The second-order valence-corrected chi connectivity index (χ2v) is 4.41. The van der Waals surface area contributed by atoms with Crippen LogP contribution in [0.3, 0.4) is 0 Å². The minimum Gasteiger partial charge on any atom is -0.472 e. The average molecular weight is 273 g/mol. The molecular weight excluding hydrogens is 258 g/mol. The van der Waals surface area contributed by atoms with Crippen molar-refractivity contribution in [3.05, 3.63) is 54.0 Å². The third-order valence-electron chi connectivity index (χ3n) is 2.73. The lowest BCUT2D eigenvalue weighted by atomic mass is 10.2. The summed E-state index contributed by atoms with van der Waals surface area (Å²) in [6, 6.07) is 8.83. The topological polar surface area (TPSA) is 68.5 Å². The molecule has 0 aliphatic carbocycles. The Labute approximate surface area is 116 Å². The minimum atomic E-state index is -0.890. The summed E-state index contributed by atoms with van der Waals surface area (Å²) in [4.78, 5) is 23.5. The average Bonchev–Trinajstić information content (AvgIpc) is 2.95. The van der Waals surface area contributed by atoms with Gasteiger partial charge in [-0.05, 0) is 32.0 Å². The van der Waals surface area contributed by atoms with E-state index >= 15 is 0 Å². The van der Waals surface area contributed by atoms with Gasteiger partial charge < -0.3 is 14.5 Å². The molecule has 1 aromatic heterocycles. The molecule has 1 aromatic carbocycles. The van der Waals surface area contributed by atoms with Crippen molar-refractivity contribution in [2.45, 2.75) is 20.0 Å². The van der Waals surface area contributed by atoms with Crippen LogP contribution in [0, 0.1) is 6.92 Å². The highest BCUT2D eigenvalue weighted by Crippen LogP contribution is 2.10. The van der Waals surface area contributed by atoms with Crippen LogP contribution in [0.15, 0.2) is 47.3 Å². The molecule has 104 valence electrons. The van der Waals surface area contributed by atoms with Crippen molar-refractivity contribution in [3.8, 4) is 0 Å². The van der Waals surface area contributed by atoms with Crippen molar-refractivity contribution in [1.29, 1.82) is 0 Å². The minimum absolute atomic E-state index is 0.278. The number of rotatable bonds is 4. The number of anilines is 1. The Morgan fingerprint density at radius 3 is 2.50 bits per heavy atom. The Kier molecular flexibility index (Phi) is 4.20. The molecule has 2 rings (SSSR count). The van der Waals surface area contributed by atoms with Crippen LogP contribution in [0.5, 0.6) is 0 Å². The van der Waals surface area contributed by atoms with Crippen molar-refractivity contribution in [1.82, 2.24) is 0 Å². The van der Waals surface area contributed by atoms with Gasteiger partial charge in [-0.1, -0.05) is 17.7 Å². The summed E-state index contributed by atoms with van der Waals surface area (Å²) < 4.78 is 9.82. The maximum atomic E-state index is 11.9. The molecule has 1 atom stereocenters. The highest BCUT2D eigenvalue weighted by atomic mass is 16.5. The van der Waals surface area contributed by atoms with E-state index in [1.165, 1.54) is 25.5 Å². The van der Waals surface area contributed by atoms with Crippen LogP contribution < -0.4 is 5.32 Å². The van der Waals surface area contributed by atoms with Crippen molar-refractivity contribution in [2.75, 3.05) is 5.32 Å². The highest BCUT2D eigenvalue weighted by molar-refractivity contribution is 5.97. The third kappa shape index (κ3) is 3.47. The quantitative estimate of drug-likeness (QED) is 0.870. The smallest absolute Gasteiger partial charge is 0.342 e. The number of hydrogen-bond acceptors (Lipinski definition) is 4. The lowest BCUT2D eigenvalue weighted by molar-refractivity contribution is -0.123. The predicted octanol–water partition coefficient (Wildman–Crippen LogP) is 2.77. The molecule has 1 N–H and O–H groups in total. The first kappa shape index (κ1) is 13.9. The van der Waals surface area contributed by atoms with E-state index < -0.39 is 12.1 Å². The monoisotopic (exact) mass is 273 g/mol. The Balaban J connectivity index is 1.92. The fourth-order valence-electron chi connectivity index (χ4n) is 1.54. The molecule has 0 saturated carbocycles. The number of carbonyl (C=O) groups excluding carboxylic acids is 2. The molecule has 0 radical (unpaired) electrons. The second kappa shape index (κ2) is 6.06. The molecule has 5 heteroatoms. The normalized spacial score (nSPS) is 11.7. The molecule has 0 spiro atoms. The van der Waals surface area contributed by atoms with Crippen LogP contribution >= 0.6 is 0 Å². The van der Waals surface area contributed by atoms with Gasteiger partial charge >= 0.3 is 5.97 Å². The summed E-state index contributed by atoms with van der Waals surface area (Å²) in [5.74, 6) is -0.976. The zero-order valence-corrected chi connectivity index (χ0v) is 11.3. The standard InChI is InChI=1S/C15H15NO4/c1-10-3-5-13(6-4-10)16-14(17)11(2)20-15(18)12-7-8-19-9-12/h3-9,11H,1-2H3,(H,16,17). The van der Waals surface area contributed by atoms with Gasteiger partial charge in [-0.2, -0.15) is 0 Å². The SMILES string of the molecule is Cc1ccc(NC(=O)C(C)OC(=O)c2ccoc2)cc1. The van der Waals surface area contributed by atoms with Gasteiger partial charge in [0.25, 0.3) is 5.91 Å². The van der Waals surface area contributed by atoms with Gasteiger partial charge in [-0.25, -0.2) is 4.79 Å². The molecule has 2 aromatic rings. The lowest BCUT2D eigenvalue weighted by Gasteiger charge is -2.13. The molecule has 1 unspecified atom stereocenters. The number of furan rings is 1. The Morgan fingerprint density at radius 2 is 1.90 bits per heavy atom. The zero-order valence-electron chi connectivity index (χ0n) is 11.3. The van der Waals surface area contributed by atoms with Gasteiger partial charge in [0, 0.05) is 5.69 Å². The molecule has 5 nitrogen and oxygen atoms in total. The third-order valence-corrected chi connectivity index (χ3v) is 2.73. The zero-order chi connectivity index (χ0) is 14.5. The molecule has 20 heavy (non-hydrogen) atoms. The summed E-state index contributed by atoms with van der Waals surface area (Å²) in [7, 11) is 0. The first-order valence-electron chi connectivity index (χ1n) is 6.17. The van der Waals surface area contributed by atoms with Gasteiger partial charge in [0.1, 0.15) is 6.26 Å². The van der Waals surface area contributed by atoms with Gasteiger partial charge in [0.15, 0.2) is 6.10 Å². The largest absolute Gasteiger partial charge is 0.472 e. The number of hydrogen-bond donors (Lipinski definition) is 1. The second-order valence-electron chi connectivity index (χ2n) is 4.41. The number of nitrogens with one attached hydrogen (secondary N) is 1. The summed E-state index contributed by atoms with van der Waals surface area (Å²) >= 11 is 0. The number of aryl methyl sites for hydroxylation is 1. The Morgan fingerprint density at radius 1 is 1.20 bits per heavy atom. The van der Waals surface area contributed by atoms with Crippen molar-refractivity contribution in [2.24, 2.45) is 0 Å². The van der Waals surface area contributed by atoms with E-state index in [0.717, 1.165) is 5.56 Å². The highest BCUT2D eigenvalue weighted by Gasteiger charge is 2.19. The fourth-order valence-corrected chi connectivity index (χ4v) is 1.54. The van der Waals surface area contributed by atoms with E-state index in [2.05, 4.69) is 5.32 Å². The number of carbonyl (C=O) groups is 2. The van der Waals surface area contributed by atoms with Gasteiger partial charge in [-0.15, -0.1) is 0 Å². The van der Waals surface area contributed by atoms with E-state index in [-0.39, 0.29) is 11.5 Å². The molecular formula is C15H15NO4. The molecule has 0 bridgehead atoms. The Hall–Kier alpha value is -2.56. The number of esters is 1. The van der Waals surface area contributed by atoms with Gasteiger partial charge in [-0.3, -0.25) is 4.79 Å². The number of benzene rings is 1.